The predicted octanol–water partition coefficient (Wildman–Crippen LogP) is 4.61. The van der Waals surface area contributed by atoms with Crippen molar-refractivity contribution in [3.05, 3.63) is 35.9 Å². The van der Waals surface area contributed by atoms with Crippen molar-refractivity contribution in [1.82, 2.24) is 15.0 Å². The van der Waals surface area contributed by atoms with Crippen LogP contribution in [0.15, 0.2) is 29.7 Å². The summed E-state index contributed by atoms with van der Waals surface area (Å²) < 4.78 is 0. The second-order valence-electron chi connectivity index (χ2n) is 6.71. The minimum atomic E-state index is 0.0597. The van der Waals surface area contributed by atoms with E-state index < -0.39 is 0 Å². The summed E-state index contributed by atoms with van der Waals surface area (Å²) >= 11 is 3.35. The molecule has 0 amide bonds. The lowest BCUT2D eigenvalue weighted by Crippen LogP contribution is -2.28. The molecule has 3 aromatic heterocycles. The predicted molar refractivity (Wildman–Crippen MR) is 112 cm³/mol. The van der Waals surface area contributed by atoms with Gasteiger partial charge >= 0.3 is 0 Å². The van der Waals surface area contributed by atoms with Gasteiger partial charge in [-0.25, -0.2) is 9.97 Å². The number of hydrogen-bond acceptors (Lipinski definition) is 8. The number of aryl methyl sites for hydroxylation is 1. The van der Waals surface area contributed by atoms with Crippen molar-refractivity contribution in [2.75, 3.05) is 18.5 Å². The molecule has 140 valence electrons. The lowest BCUT2D eigenvalue weighted by Gasteiger charge is -2.23. The number of nitrogens with zero attached hydrogens (tertiary/aromatic N) is 5. The summed E-state index contributed by atoms with van der Waals surface area (Å²) in [6, 6.07) is 3.96. The second kappa shape index (κ2) is 7.36. The van der Waals surface area contributed by atoms with E-state index >= 15 is 0 Å². The van der Waals surface area contributed by atoms with Gasteiger partial charge in [0.1, 0.15) is 32.5 Å². The van der Waals surface area contributed by atoms with Gasteiger partial charge in [-0.3, -0.25) is 4.98 Å². The fraction of sp³-hybridized carbons (Fsp3) is 0.368. The Labute approximate surface area is 166 Å². The molecule has 27 heavy (non-hydrogen) atoms. The monoisotopic (exact) mass is 399 g/mol. The summed E-state index contributed by atoms with van der Waals surface area (Å²) in [5.74, 6) is 0. The zero-order valence-corrected chi connectivity index (χ0v) is 17.4. The average molecular weight is 400 g/mol. The molecule has 0 bridgehead atoms. The number of oxime groups is 1. The molecule has 0 unspecified atom stereocenters. The Kier molecular flexibility index (Phi) is 4.92. The number of aromatic nitrogens is 3. The highest BCUT2D eigenvalue weighted by molar-refractivity contribution is 7.25. The van der Waals surface area contributed by atoms with E-state index in [2.05, 4.69) is 22.1 Å². The number of pyridine rings is 1. The van der Waals surface area contributed by atoms with Crippen molar-refractivity contribution < 1.29 is 4.84 Å². The van der Waals surface area contributed by atoms with Gasteiger partial charge in [0.2, 0.25) is 0 Å². The molecule has 8 heteroatoms. The topological polar surface area (TPSA) is 63.5 Å². The molecule has 0 N–H and O–H groups in total. The summed E-state index contributed by atoms with van der Waals surface area (Å²) in [6.07, 6.45) is 4.51. The van der Waals surface area contributed by atoms with E-state index in [4.69, 9.17) is 14.8 Å². The van der Waals surface area contributed by atoms with Crippen LogP contribution < -0.4 is 4.90 Å². The van der Waals surface area contributed by atoms with Crippen molar-refractivity contribution in [1.29, 1.82) is 0 Å². The van der Waals surface area contributed by atoms with Crippen LogP contribution in [-0.4, -0.2) is 40.4 Å². The van der Waals surface area contributed by atoms with E-state index in [1.165, 1.54) is 0 Å². The Balaban J connectivity index is 1.73. The highest BCUT2D eigenvalue weighted by Gasteiger charge is 2.27. The highest BCUT2D eigenvalue weighted by atomic mass is 32.1. The standard InChI is InChI=1S/C19H21N5OS2/c1-11(2)25-23-14-7-9-24(4)19-15(14)22-18(27-19)16-12(3)21-17(26-16)13-6-5-8-20-10-13/h5-6,8,10-11H,7,9H2,1-4H3/b23-14+. The molecule has 0 fully saturated rings. The quantitative estimate of drug-likeness (QED) is 0.600. The van der Waals surface area contributed by atoms with E-state index in [9.17, 15) is 0 Å². The van der Waals surface area contributed by atoms with Gasteiger partial charge < -0.3 is 9.74 Å². The van der Waals surface area contributed by atoms with Crippen LogP contribution >= 0.6 is 22.7 Å². The lowest BCUT2D eigenvalue weighted by molar-refractivity contribution is 0.0855. The van der Waals surface area contributed by atoms with Gasteiger partial charge in [-0.1, -0.05) is 16.5 Å². The molecule has 6 nitrogen and oxygen atoms in total. The number of fused-ring (bicyclic) bond motifs is 1. The third-order valence-corrected chi connectivity index (χ3v) is 6.72. The first-order valence-electron chi connectivity index (χ1n) is 8.86. The maximum Gasteiger partial charge on any atom is 0.138 e. The molecule has 0 aliphatic carbocycles. The third-order valence-electron chi connectivity index (χ3n) is 4.19. The summed E-state index contributed by atoms with van der Waals surface area (Å²) in [4.78, 5) is 22.7. The summed E-state index contributed by atoms with van der Waals surface area (Å²) in [5.41, 5.74) is 3.88. The van der Waals surface area contributed by atoms with E-state index in [-0.39, 0.29) is 6.10 Å². The van der Waals surface area contributed by atoms with Crippen molar-refractivity contribution in [2.24, 2.45) is 5.16 Å². The maximum atomic E-state index is 5.49. The smallest absolute Gasteiger partial charge is 0.138 e. The first-order chi connectivity index (χ1) is 13.0. The van der Waals surface area contributed by atoms with E-state index in [1.807, 2.05) is 39.1 Å². The average Bonchev–Trinajstić information content (AvgIpc) is 3.26. The molecular formula is C19H21N5OS2. The molecule has 0 spiro atoms. The molecule has 4 rings (SSSR count). The van der Waals surface area contributed by atoms with Crippen LogP contribution in [0.4, 0.5) is 5.00 Å². The van der Waals surface area contributed by atoms with Crippen molar-refractivity contribution in [2.45, 2.75) is 33.3 Å². The number of thiazole rings is 2. The number of hydrogen-bond donors (Lipinski definition) is 0. The minimum absolute atomic E-state index is 0.0597. The van der Waals surface area contributed by atoms with Crippen LogP contribution in [0.25, 0.3) is 20.5 Å². The SMILES string of the molecule is Cc1nc(-c2cccnc2)sc1-c1nc2c(s1)N(C)CC/C2=N\OC(C)C. The fourth-order valence-electron chi connectivity index (χ4n) is 2.81. The first kappa shape index (κ1) is 18.1. The Bertz CT molecular complexity index is 977. The highest BCUT2D eigenvalue weighted by Crippen LogP contribution is 2.42. The molecule has 4 heterocycles. The van der Waals surface area contributed by atoms with Crippen LogP contribution in [0.1, 0.15) is 31.7 Å². The Morgan fingerprint density at radius 1 is 1.22 bits per heavy atom. The summed E-state index contributed by atoms with van der Waals surface area (Å²) in [7, 11) is 2.10. The van der Waals surface area contributed by atoms with Crippen LogP contribution in [0.5, 0.6) is 0 Å². The van der Waals surface area contributed by atoms with Gasteiger partial charge in [0.15, 0.2) is 0 Å². The van der Waals surface area contributed by atoms with E-state index in [0.717, 1.165) is 55.5 Å². The zero-order valence-electron chi connectivity index (χ0n) is 15.8. The van der Waals surface area contributed by atoms with Crippen LogP contribution in [0.2, 0.25) is 0 Å². The fourth-order valence-corrected chi connectivity index (χ4v) is 5.07. The molecule has 0 atom stereocenters. The van der Waals surface area contributed by atoms with Gasteiger partial charge in [-0.2, -0.15) is 0 Å². The van der Waals surface area contributed by atoms with Crippen LogP contribution in [-0.2, 0) is 4.84 Å². The van der Waals surface area contributed by atoms with Crippen molar-refractivity contribution in [3.8, 4) is 20.5 Å². The van der Waals surface area contributed by atoms with Gasteiger partial charge in [0.05, 0.1) is 10.6 Å². The van der Waals surface area contributed by atoms with Crippen molar-refractivity contribution in [3.63, 3.8) is 0 Å². The molecule has 0 saturated carbocycles. The Morgan fingerprint density at radius 3 is 2.81 bits per heavy atom. The molecule has 0 radical (unpaired) electrons. The van der Waals surface area contributed by atoms with Gasteiger partial charge in [0, 0.05) is 38.0 Å². The maximum absolute atomic E-state index is 5.49. The van der Waals surface area contributed by atoms with Gasteiger partial charge in [0.25, 0.3) is 0 Å². The Morgan fingerprint density at radius 2 is 2.07 bits per heavy atom. The normalized spacial score (nSPS) is 15.4. The lowest BCUT2D eigenvalue weighted by atomic mass is 10.1. The van der Waals surface area contributed by atoms with Crippen LogP contribution in [0.3, 0.4) is 0 Å². The van der Waals surface area contributed by atoms with Crippen LogP contribution in [0, 0.1) is 6.92 Å². The molecule has 0 saturated heterocycles. The Hall–Kier alpha value is -2.32. The molecule has 0 aromatic carbocycles. The van der Waals surface area contributed by atoms with Gasteiger partial charge in [-0.15, -0.1) is 11.3 Å². The largest absolute Gasteiger partial charge is 0.393 e. The van der Waals surface area contributed by atoms with E-state index in [1.54, 1.807) is 28.9 Å². The molecular weight excluding hydrogens is 378 g/mol. The molecule has 1 aliphatic rings. The van der Waals surface area contributed by atoms with Crippen molar-refractivity contribution >= 4 is 33.4 Å². The third kappa shape index (κ3) is 3.59. The molecule has 1 aliphatic heterocycles. The number of anilines is 1. The minimum Gasteiger partial charge on any atom is -0.393 e. The molecule has 3 aromatic rings. The van der Waals surface area contributed by atoms with E-state index in [0.29, 0.717) is 0 Å². The summed E-state index contributed by atoms with van der Waals surface area (Å²) in [5, 5.41) is 7.44. The first-order valence-corrected chi connectivity index (χ1v) is 10.5. The zero-order chi connectivity index (χ0) is 19.0. The number of rotatable bonds is 4. The van der Waals surface area contributed by atoms with Gasteiger partial charge in [-0.05, 0) is 32.9 Å². The second-order valence-corrected chi connectivity index (χ2v) is 8.69. The summed E-state index contributed by atoms with van der Waals surface area (Å²) in [6.45, 7) is 6.91.